The van der Waals surface area contributed by atoms with Gasteiger partial charge in [0, 0.05) is 11.5 Å². The zero-order valence-corrected chi connectivity index (χ0v) is 22.8. The van der Waals surface area contributed by atoms with Crippen LogP contribution in [-0.4, -0.2) is 85.6 Å². The maximum absolute atomic E-state index is 13.2. The van der Waals surface area contributed by atoms with Crippen molar-refractivity contribution in [1.82, 2.24) is 29.8 Å². The molecule has 4 heterocycles. The van der Waals surface area contributed by atoms with Gasteiger partial charge in [-0.1, -0.05) is 54.8 Å². The highest BCUT2D eigenvalue weighted by Gasteiger charge is 2.55. The lowest BCUT2D eigenvalue weighted by atomic mass is 9.92. The number of esters is 1. The number of hydrogen-bond donors (Lipinski definition) is 2. The standard InChI is InChI=1S/C21H24N8O6S3/c1-4-5-33-19(32)15-12(8-36-21-26-23-9-37-21)34-7-11-13(18(31)29(11)15)24-17(30)14(27-35-6-10(2)3)16-25-20(22)38-28-16/h4,9-11,13H,1,5-8H2,2-3H3,(H,24,30)(H2,22,25,28)/b27-14-/t11-,13+/m1/s1. The summed E-state index contributed by atoms with van der Waals surface area (Å²) >= 11 is 3.53. The van der Waals surface area contributed by atoms with E-state index in [1.54, 1.807) is 5.51 Å². The van der Waals surface area contributed by atoms with Gasteiger partial charge < -0.3 is 25.4 Å². The second kappa shape index (κ2) is 12.3. The number of hydrogen-bond acceptors (Lipinski definition) is 15. The number of oxime groups is 1. The predicted molar refractivity (Wildman–Crippen MR) is 139 cm³/mol. The van der Waals surface area contributed by atoms with E-state index in [9.17, 15) is 14.4 Å². The van der Waals surface area contributed by atoms with Gasteiger partial charge in [-0.2, -0.15) is 9.36 Å². The Morgan fingerprint density at radius 2 is 2.29 bits per heavy atom. The van der Waals surface area contributed by atoms with Gasteiger partial charge in [-0.15, -0.1) is 10.2 Å². The summed E-state index contributed by atoms with van der Waals surface area (Å²) in [4.78, 5) is 49.8. The average molecular weight is 581 g/mol. The van der Waals surface area contributed by atoms with Crippen LogP contribution in [0, 0.1) is 5.92 Å². The van der Waals surface area contributed by atoms with Crippen molar-refractivity contribution in [3.8, 4) is 0 Å². The molecule has 0 aromatic carbocycles. The van der Waals surface area contributed by atoms with Crippen LogP contribution in [0.2, 0.25) is 0 Å². The summed E-state index contributed by atoms with van der Waals surface area (Å²) in [6.45, 7) is 7.62. The summed E-state index contributed by atoms with van der Waals surface area (Å²) in [5.74, 6) is -1.37. The molecule has 1 fully saturated rings. The fourth-order valence-electron chi connectivity index (χ4n) is 3.39. The lowest BCUT2D eigenvalue weighted by Crippen LogP contribution is -2.73. The van der Waals surface area contributed by atoms with Crippen molar-refractivity contribution in [2.24, 2.45) is 11.1 Å². The molecule has 0 unspecified atom stereocenters. The Bertz CT molecular complexity index is 1260. The summed E-state index contributed by atoms with van der Waals surface area (Å²) in [5.41, 5.74) is 7.00. The topological polar surface area (TPSA) is 184 Å². The molecule has 4 rings (SSSR count). The molecule has 0 spiro atoms. The van der Waals surface area contributed by atoms with Crippen LogP contribution in [0.1, 0.15) is 19.7 Å². The van der Waals surface area contributed by atoms with Crippen molar-refractivity contribution in [2.45, 2.75) is 30.3 Å². The predicted octanol–water partition coefficient (Wildman–Crippen LogP) is 0.807. The van der Waals surface area contributed by atoms with Crippen molar-refractivity contribution in [1.29, 1.82) is 0 Å². The molecule has 3 N–H and O–H groups in total. The van der Waals surface area contributed by atoms with Gasteiger partial charge in [-0.3, -0.25) is 14.5 Å². The molecule has 2 amide bonds. The third-order valence-corrected chi connectivity index (χ3v) is 7.47. The Morgan fingerprint density at radius 3 is 2.95 bits per heavy atom. The van der Waals surface area contributed by atoms with Crippen molar-refractivity contribution in [3.05, 3.63) is 35.4 Å². The van der Waals surface area contributed by atoms with Crippen molar-refractivity contribution in [2.75, 3.05) is 31.3 Å². The van der Waals surface area contributed by atoms with Crippen LogP contribution in [0.4, 0.5) is 5.13 Å². The van der Waals surface area contributed by atoms with E-state index in [4.69, 9.17) is 20.0 Å². The maximum Gasteiger partial charge on any atom is 0.358 e. The number of ether oxygens (including phenoxy) is 2. The number of amides is 2. The van der Waals surface area contributed by atoms with E-state index in [0.717, 1.165) is 11.5 Å². The number of fused-ring (bicyclic) bond motifs is 1. The normalized spacial score (nSPS) is 19.0. The number of aromatic nitrogens is 4. The van der Waals surface area contributed by atoms with Crippen LogP contribution in [0.5, 0.6) is 0 Å². The minimum Gasteiger partial charge on any atom is -0.492 e. The Hall–Kier alpha value is -3.57. The summed E-state index contributed by atoms with van der Waals surface area (Å²) in [5, 5.41) is 14.4. The fraction of sp³-hybridized carbons (Fsp3) is 0.429. The lowest BCUT2D eigenvalue weighted by molar-refractivity contribution is -0.161. The third kappa shape index (κ3) is 6.11. The lowest BCUT2D eigenvalue weighted by Gasteiger charge is -2.49. The SMILES string of the molecule is C=CCOC(=O)C1=C(CSc2nncs2)OC[C@@H]2[C@H](NC(=O)/C(=N\OCC(C)C)c3nsc(N)n3)C(=O)N12. The van der Waals surface area contributed by atoms with Crippen LogP contribution in [0.3, 0.4) is 0 Å². The van der Waals surface area contributed by atoms with Crippen molar-refractivity contribution < 1.29 is 28.7 Å². The number of β-lactam (4-membered cyclic amide) rings is 1. The van der Waals surface area contributed by atoms with Crippen LogP contribution in [0.15, 0.2) is 39.1 Å². The van der Waals surface area contributed by atoms with Crippen LogP contribution in [0.25, 0.3) is 0 Å². The molecule has 0 bridgehead atoms. The molecule has 2 atom stereocenters. The smallest absolute Gasteiger partial charge is 0.358 e. The Morgan fingerprint density at radius 1 is 1.47 bits per heavy atom. The largest absolute Gasteiger partial charge is 0.492 e. The van der Waals surface area contributed by atoms with E-state index in [2.05, 4.69) is 36.6 Å². The number of carbonyl (C=O) groups is 3. The number of nitrogen functional groups attached to an aromatic ring is 1. The first-order valence-corrected chi connectivity index (χ1v) is 13.9. The first kappa shape index (κ1) is 27.5. The number of rotatable bonds is 12. The van der Waals surface area contributed by atoms with Crippen LogP contribution in [-0.2, 0) is 28.7 Å². The van der Waals surface area contributed by atoms with Crippen molar-refractivity contribution >= 4 is 63.3 Å². The number of thioether (sulfide) groups is 1. The zero-order chi connectivity index (χ0) is 27.2. The Kier molecular flexibility index (Phi) is 8.90. The average Bonchev–Trinajstić information content (AvgIpc) is 3.58. The highest BCUT2D eigenvalue weighted by Crippen LogP contribution is 2.35. The van der Waals surface area contributed by atoms with Gasteiger partial charge in [0.1, 0.15) is 43.2 Å². The first-order chi connectivity index (χ1) is 18.3. The molecule has 2 aromatic rings. The number of nitrogens with two attached hydrogens (primary N) is 1. The van der Waals surface area contributed by atoms with Gasteiger partial charge in [0.05, 0.1) is 5.75 Å². The highest BCUT2D eigenvalue weighted by atomic mass is 32.2. The summed E-state index contributed by atoms with van der Waals surface area (Å²) in [6.07, 6.45) is 1.41. The molecule has 14 nitrogen and oxygen atoms in total. The number of nitrogens with one attached hydrogen (secondary N) is 1. The fourth-order valence-corrected chi connectivity index (χ4v) is 5.26. The summed E-state index contributed by atoms with van der Waals surface area (Å²) < 4.78 is 15.8. The van der Waals surface area contributed by atoms with E-state index >= 15 is 0 Å². The highest BCUT2D eigenvalue weighted by molar-refractivity contribution is 8.01. The van der Waals surface area contributed by atoms with E-state index in [1.807, 2.05) is 13.8 Å². The molecule has 202 valence electrons. The van der Waals surface area contributed by atoms with E-state index in [0.29, 0.717) is 4.34 Å². The minimum atomic E-state index is -0.992. The van der Waals surface area contributed by atoms with Gasteiger partial charge in [0.2, 0.25) is 11.5 Å². The molecule has 38 heavy (non-hydrogen) atoms. The zero-order valence-electron chi connectivity index (χ0n) is 20.4. The molecule has 0 aliphatic carbocycles. The number of carbonyl (C=O) groups excluding carboxylic acids is 3. The molecular weight excluding hydrogens is 556 g/mol. The summed E-state index contributed by atoms with van der Waals surface area (Å²) in [7, 11) is 0. The molecule has 2 aliphatic rings. The van der Waals surface area contributed by atoms with Gasteiger partial charge in [-0.05, 0) is 5.92 Å². The summed E-state index contributed by atoms with van der Waals surface area (Å²) in [6, 6.07) is -1.65. The Balaban J connectivity index is 1.52. The molecule has 2 aliphatic heterocycles. The van der Waals surface area contributed by atoms with E-state index < -0.39 is 29.9 Å². The second-order valence-corrected chi connectivity index (χ2v) is 11.1. The molecule has 1 saturated heterocycles. The van der Waals surface area contributed by atoms with E-state index in [1.165, 1.54) is 34.1 Å². The molecule has 17 heteroatoms. The number of nitrogens with zero attached hydrogens (tertiary/aromatic N) is 6. The first-order valence-electron chi connectivity index (χ1n) is 11.3. The van der Waals surface area contributed by atoms with Crippen LogP contribution >= 0.6 is 34.6 Å². The molecule has 0 saturated carbocycles. The van der Waals surface area contributed by atoms with Gasteiger partial charge >= 0.3 is 5.97 Å². The van der Waals surface area contributed by atoms with E-state index in [-0.39, 0.29) is 59.6 Å². The minimum absolute atomic E-state index is 0.0261. The van der Waals surface area contributed by atoms with Gasteiger partial charge in [-0.25, -0.2) is 4.79 Å². The molecule has 0 radical (unpaired) electrons. The second-order valence-electron chi connectivity index (χ2n) is 8.28. The third-order valence-electron chi connectivity index (χ3n) is 5.06. The monoisotopic (exact) mass is 580 g/mol. The maximum atomic E-state index is 13.2. The number of anilines is 1. The molecule has 2 aromatic heterocycles. The van der Waals surface area contributed by atoms with Gasteiger partial charge in [0.15, 0.2) is 15.2 Å². The van der Waals surface area contributed by atoms with Crippen molar-refractivity contribution in [3.63, 3.8) is 0 Å². The van der Waals surface area contributed by atoms with Crippen LogP contribution < -0.4 is 11.1 Å². The van der Waals surface area contributed by atoms with Gasteiger partial charge in [0.25, 0.3) is 11.8 Å². The quantitative estimate of drug-likeness (QED) is 0.0900. The Labute approximate surface area is 229 Å². The molecular formula is C21H24N8O6S3.